The van der Waals surface area contributed by atoms with Crippen LogP contribution in [0.2, 0.25) is 0 Å². The molecule has 7 heteroatoms. The van der Waals surface area contributed by atoms with E-state index >= 15 is 0 Å². The van der Waals surface area contributed by atoms with Crippen molar-refractivity contribution in [3.63, 3.8) is 0 Å². The number of aliphatic carboxylic acids is 1. The highest BCUT2D eigenvalue weighted by molar-refractivity contribution is 7.12. The van der Waals surface area contributed by atoms with Gasteiger partial charge < -0.3 is 10.0 Å². The van der Waals surface area contributed by atoms with E-state index in [4.69, 9.17) is 5.11 Å². The molecule has 0 fully saturated rings. The van der Waals surface area contributed by atoms with Crippen LogP contribution < -0.4 is 0 Å². The second-order valence-electron chi connectivity index (χ2n) is 5.25. The molecule has 0 aliphatic carbocycles. The summed E-state index contributed by atoms with van der Waals surface area (Å²) in [6, 6.07) is 5.25. The zero-order valence-electron chi connectivity index (χ0n) is 13.1. The lowest BCUT2D eigenvalue weighted by Gasteiger charge is -2.22. The molecular formula is C17H17F2NO3S. The average Bonchev–Trinajstić information content (AvgIpc) is 3.02. The van der Waals surface area contributed by atoms with Gasteiger partial charge in [0.15, 0.2) is 11.6 Å². The molecule has 0 radical (unpaired) electrons. The minimum absolute atomic E-state index is 0.00574. The van der Waals surface area contributed by atoms with Crippen molar-refractivity contribution in [3.05, 3.63) is 57.3 Å². The standard InChI is InChI=1S/C17H17F2NO3S/c1-2-12-6-8-24-16(12)17(23)20(7-5-15(21)22)10-11-3-4-13(18)14(19)9-11/h3-4,6,8-9H,2,5,7,10H2,1H3,(H,21,22). The smallest absolute Gasteiger partial charge is 0.305 e. The summed E-state index contributed by atoms with van der Waals surface area (Å²) in [6.07, 6.45) is 0.463. The van der Waals surface area contributed by atoms with Crippen LogP contribution in [-0.4, -0.2) is 28.4 Å². The van der Waals surface area contributed by atoms with Crippen molar-refractivity contribution < 1.29 is 23.5 Å². The molecule has 1 heterocycles. The van der Waals surface area contributed by atoms with Crippen LogP contribution in [0.3, 0.4) is 0 Å². The van der Waals surface area contributed by atoms with Gasteiger partial charge in [-0.25, -0.2) is 8.78 Å². The number of hydrogen-bond acceptors (Lipinski definition) is 3. The van der Waals surface area contributed by atoms with Crippen LogP contribution in [0.5, 0.6) is 0 Å². The lowest BCUT2D eigenvalue weighted by molar-refractivity contribution is -0.137. The number of hydrogen-bond donors (Lipinski definition) is 1. The van der Waals surface area contributed by atoms with Crippen molar-refractivity contribution in [3.8, 4) is 0 Å². The molecule has 0 unspecified atom stereocenters. The van der Waals surface area contributed by atoms with Crippen LogP contribution in [0.15, 0.2) is 29.6 Å². The Balaban J connectivity index is 2.24. The van der Waals surface area contributed by atoms with Crippen molar-refractivity contribution >= 4 is 23.2 Å². The Labute approximate surface area is 142 Å². The summed E-state index contributed by atoms with van der Waals surface area (Å²) in [5.74, 6) is -3.29. The molecule has 0 bridgehead atoms. The number of carboxylic acid groups (broad SMARTS) is 1. The second-order valence-corrected chi connectivity index (χ2v) is 6.16. The number of nitrogens with zero attached hydrogens (tertiary/aromatic N) is 1. The molecule has 1 aromatic carbocycles. The van der Waals surface area contributed by atoms with Gasteiger partial charge in [-0.1, -0.05) is 13.0 Å². The molecule has 2 rings (SSSR count). The van der Waals surface area contributed by atoms with Crippen LogP contribution in [0.25, 0.3) is 0 Å². The van der Waals surface area contributed by atoms with Gasteiger partial charge in [0.1, 0.15) is 0 Å². The van der Waals surface area contributed by atoms with E-state index in [1.807, 2.05) is 13.0 Å². The normalized spacial score (nSPS) is 10.6. The van der Waals surface area contributed by atoms with Gasteiger partial charge in [-0.15, -0.1) is 11.3 Å². The Kier molecular flexibility index (Phi) is 6.03. The number of rotatable bonds is 7. The monoisotopic (exact) mass is 353 g/mol. The molecule has 0 aliphatic heterocycles. The highest BCUT2D eigenvalue weighted by Crippen LogP contribution is 2.21. The Bertz CT molecular complexity index is 745. The van der Waals surface area contributed by atoms with Crippen LogP contribution in [-0.2, 0) is 17.8 Å². The summed E-state index contributed by atoms with van der Waals surface area (Å²) in [7, 11) is 0. The van der Waals surface area contributed by atoms with Gasteiger partial charge in [0.05, 0.1) is 11.3 Å². The van der Waals surface area contributed by atoms with Gasteiger partial charge in [0, 0.05) is 13.1 Å². The van der Waals surface area contributed by atoms with Crippen LogP contribution in [0.1, 0.15) is 34.1 Å². The molecule has 0 atom stereocenters. The number of amides is 1. The number of benzene rings is 1. The van der Waals surface area contributed by atoms with Gasteiger partial charge in [0.2, 0.25) is 0 Å². The Morgan fingerprint density at radius 1 is 1.21 bits per heavy atom. The third-order valence-corrected chi connectivity index (χ3v) is 4.51. The number of carbonyl (C=O) groups is 2. The lowest BCUT2D eigenvalue weighted by Crippen LogP contribution is -2.32. The lowest BCUT2D eigenvalue weighted by atomic mass is 10.1. The second kappa shape index (κ2) is 8.01. The third kappa shape index (κ3) is 4.38. The molecule has 1 aromatic heterocycles. The topological polar surface area (TPSA) is 57.6 Å². The van der Waals surface area contributed by atoms with E-state index in [-0.39, 0.29) is 25.4 Å². The fourth-order valence-corrected chi connectivity index (χ4v) is 3.25. The van der Waals surface area contributed by atoms with Crippen molar-refractivity contribution in [1.29, 1.82) is 0 Å². The van der Waals surface area contributed by atoms with Gasteiger partial charge in [-0.2, -0.15) is 0 Å². The predicted molar refractivity (Wildman–Crippen MR) is 87.0 cm³/mol. The molecular weight excluding hydrogens is 336 g/mol. The van der Waals surface area contributed by atoms with E-state index in [9.17, 15) is 18.4 Å². The fourth-order valence-electron chi connectivity index (χ4n) is 2.29. The minimum atomic E-state index is -1.03. The molecule has 0 saturated heterocycles. The number of carbonyl (C=O) groups excluding carboxylic acids is 1. The molecule has 0 saturated carbocycles. The molecule has 1 N–H and O–H groups in total. The number of carboxylic acids is 1. The first kappa shape index (κ1) is 18.1. The quantitative estimate of drug-likeness (QED) is 0.826. The Hall–Kier alpha value is -2.28. The van der Waals surface area contributed by atoms with E-state index in [2.05, 4.69) is 0 Å². The van der Waals surface area contributed by atoms with Crippen molar-refractivity contribution in [1.82, 2.24) is 4.90 Å². The van der Waals surface area contributed by atoms with Gasteiger partial charge in [-0.3, -0.25) is 9.59 Å². The first-order valence-corrected chi connectivity index (χ1v) is 8.31. The summed E-state index contributed by atoms with van der Waals surface area (Å²) in [5.41, 5.74) is 1.29. The summed E-state index contributed by atoms with van der Waals surface area (Å²) >= 11 is 1.29. The number of thiophene rings is 1. The molecule has 1 amide bonds. The van der Waals surface area contributed by atoms with Crippen LogP contribution in [0.4, 0.5) is 8.78 Å². The van der Waals surface area contributed by atoms with Gasteiger partial charge in [0.25, 0.3) is 5.91 Å². The first-order chi connectivity index (χ1) is 11.4. The fraction of sp³-hybridized carbons (Fsp3) is 0.294. The molecule has 0 spiro atoms. The summed E-state index contributed by atoms with van der Waals surface area (Å²) in [6.45, 7) is 1.94. The van der Waals surface area contributed by atoms with Gasteiger partial charge >= 0.3 is 5.97 Å². The molecule has 2 aromatic rings. The van der Waals surface area contributed by atoms with E-state index in [0.717, 1.165) is 17.7 Å². The first-order valence-electron chi connectivity index (χ1n) is 7.43. The zero-order chi connectivity index (χ0) is 17.7. The van der Waals surface area contributed by atoms with E-state index in [0.29, 0.717) is 16.9 Å². The SMILES string of the molecule is CCc1ccsc1C(=O)N(CCC(=O)O)Cc1ccc(F)c(F)c1. The summed E-state index contributed by atoms with van der Waals surface area (Å²) < 4.78 is 26.4. The third-order valence-electron chi connectivity index (χ3n) is 3.56. The Morgan fingerprint density at radius 2 is 1.96 bits per heavy atom. The van der Waals surface area contributed by atoms with Crippen molar-refractivity contribution in [2.24, 2.45) is 0 Å². The highest BCUT2D eigenvalue weighted by atomic mass is 32.1. The number of aryl methyl sites for hydroxylation is 1. The van der Waals surface area contributed by atoms with Crippen molar-refractivity contribution in [2.45, 2.75) is 26.3 Å². The zero-order valence-corrected chi connectivity index (χ0v) is 13.9. The Morgan fingerprint density at radius 3 is 2.58 bits per heavy atom. The average molecular weight is 353 g/mol. The predicted octanol–water partition coefficient (Wildman–Crippen LogP) is 3.71. The largest absolute Gasteiger partial charge is 0.481 e. The van der Waals surface area contributed by atoms with E-state index in [1.165, 1.54) is 22.3 Å². The number of halogens is 2. The summed E-state index contributed by atoms with van der Waals surface area (Å²) in [4.78, 5) is 25.5. The summed E-state index contributed by atoms with van der Waals surface area (Å²) in [5, 5.41) is 10.7. The van der Waals surface area contributed by atoms with Crippen LogP contribution in [0, 0.1) is 11.6 Å². The van der Waals surface area contributed by atoms with Gasteiger partial charge in [-0.05, 0) is 41.1 Å². The van der Waals surface area contributed by atoms with E-state index in [1.54, 1.807) is 5.38 Å². The van der Waals surface area contributed by atoms with E-state index < -0.39 is 17.6 Å². The molecule has 24 heavy (non-hydrogen) atoms. The maximum atomic E-state index is 13.4. The van der Waals surface area contributed by atoms with Crippen molar-refractivity contribution in [2.75, 3.05) is 6.54 Å². The maximum Gasteiger partial charge on any atom is 0.305 e. The minimum Gasteiger partial charge on any atom is -0.481 e. The molecule has 128 valence electrons. The van der Waals surface area contributed by atoms with Crippen LogP contribution >= 0.6 is 11.3 Å². The maximum absolute atomic E-state index is 13.4. The molecule has 0 aliphatic rings. The highest BCUT2D eigenvalue weighted by Gasteiger charge is 2.21. The molecule has 4 nitrogen and oxygen atoms in total.